The Morgan fingerprint density at radius 2 is 1.94 bits per heavy atom. The number of hydrogen-bond donors (Lipinski definition) is 1. The smallest absolute Gasteiger partial charge is 0.138 e. The number of halogens is 1. The van der Waals surface area contributed by atoms with Gasteiger partial charge in [0.1, 0.15) is 11.5 Å². The Morgan fingerprint density at radius 3 is 2.56 bits per heavy atom. The molecular formula is C14H20ClNO2. The summed E-state index contributed by atoms with van der Waals surface area (Å²) in [4.78, 5) is 0. The number of rotatable bonds is 4. The summed E-state index contributed by atoms with van der Waals surface area (Å²) in [5.74, 6) is 1.55. The van der Waals surface area contributed by atoms with Crippen LogP contribution in [-0.2, 0) is 6.42 Å². The molecule has 1 saturated heterocycles. The second-order valence-corrected chi connectivity index (χ2v) is 4.99. The molecular weight excluding hydrogens is 250 g/mol. The number of ether oxygens (including phenoxy) is 2. The van der Waals surface area contributed by atoms with E-state index in [0.29, 0.717) is 16.8 Å². The Hall–Kier alpha value is -0.930. The van der Waals surface area contributed by atoms with Gasteiger partial charge in [0.05, 0.1) is 19.2 Å². The van der Waals surface area contributed by atoms with Crippen LogP contribution >= 0.6 is 11.6 Å². The molecule has 1 fully saturated rings. The summed E-state index contributed by atoms with van der Waals surface area (Å²) in [6.45, 7) is 1.09. The third kappa shape index (κ3) is 2.90. The van der Waals surface area contributed by atoms with Crippen LogP contribution in [0.25, 0.3) is 0 Å². The van der Waals surface area contributed by atoms with Gasteiger partial charge in [-0.1, -0.05) is 18.0 Å². The van der Waals surface area contributed by atoms with Crippen molar-refractivity contribution in [2.45, 2.75) is 31.7 Å². The number of piperidine rings is 1. The van der Waals surface area contributed by atoms with Crippen molar-refractivity contribution in [1.82, 2.24) is 5.32 Å². The van der Waals surface area contributed by atoms with E-state index in [-0.39, 0.29) is 0 Å². The van der Waals surface area contributed by atoms with Crippen molar-refractivity contribution in [1.29, 1.82) is 0 Å². The Bertz CT molecular complexity index is 403. The summed E-state index contributed by atoms with van der Waals surface area (Å²) >= 11 is 6.38. The summed E-state index contributed by atoms with van der Waals surface area (Å²) in [7, 11) is 3.31. The molecule has 1 aliphatic rings. The maximum absolute atomic E-state index is 6.38. The van der Waals surface area contributed by atoms with Gasteiger partial charge in [-0.15, -0.1) is 0 Å². The van der Waals surface area contributed by atoms with Crippen molar-refractivity contribution < 1.29 is 9.47 Å². The summed E-state index contributed by atoms with van der Waals surface area (Å²) in [5.41, 5.74) is 1.04. The van der Waals surface area contributed by atoms with E-state index in [2.05, 4.69) is 5.32 Å². The van der Waals surface area contributed by atoms with Gasteiger partial charge in [0, 0.05) is 11.6 Å². The highest BCUT2D eigenvalue weighted by Gasteiger charge is 2.19. The first-order valence-corrected chi connectivity index (χ1v) is 6.76. The van der Waals surface area contributed by atoms with E-state index in [4.69, 9.17) is 21.1 Å². The lowest BCUT2D eigenvalue weighted by Gasteiger charge is -2.25. The van der Waals surface area contributed by atoms with Crippen LogP contribution in [0, 0.1) is 0 Å². The number of hydrogen-bond acceptors (Lipinski definition) is 3. The minimum absolute atomic E-state index is 0.484. The lowest BCUT2D eigenvalue weighted by Crippen LogP contribution is -2.35. The first-order valence-electron chi connectivity index (χ1n) is 6.39. The fraction of sp³-hybridized carbons (Fsp3) is 0.571. The molecule has 0 aliphatic carbocycles. The largest absolute Gasteiger partial charge is 0.496 e. The van der Waals surface area contributed by atoms with Gasteiger partial charge in [-0.3, -0.25) is 0 Å². The first-order chi connectivity index (χ1) is 8.76. The number of nitrogens with one attached hydrogen (secondary N) is 1. The van der Waals surface area contributed by atoms with E-state index in [9.17, 15) is 0 Å². The normalized spacial score (nSPS) is 19.6. The van der Waals surface area contributed by atoms with Crippen LogP contribution in [0.3, 0.4) is 0 Å². The van der Waals surface area contributed by atoms with Crippen LogP contribution in [0.5, 0.6) is 11.5 Å². The standard InChI is InChI=1S/C14H20ClNO2/c1-17-12-6-7-13(18-2)14(15)11(12)9-10-5-3-4-8-16-10/h6-7,10,16H,3-5,8-9H2,1-2H3. The van der Waals surface area contributed by atoms with E-state index in [1.165, 1.54) is 19.3 Å². The zero-order valence-electron chi connectivity index (χ0n) is 11.0. The third-order valence-electron chi connectivity index (χ3n) is 3.47. The quantitative estimate of drug-likeness (QED) is 0.911. The zero-order valence-corrected chi connectivity index (χ0v) is 11.7. The highest BCUT2D eigenvalue weighted by molar-refractivity contribution is 6.33. The van der Waals surface area contributed by atoms with Gasteiger partial charge in [-0.25, -0.2) is 0 Å². The molecule has 1 unspecified atom stereocenters. The van der Waals surface area contributed by atoms with E-state index < -0.39 is 0 Å². The Labute approximate surface area is 113 Å². The van der Waals surface area contributed by atoms with Crippen molar-refractivity contribution in [3.8, 4) is 11.5 Å². The lowest BCUT2D eigenvalue weighted by atomic mass is 9.97. The summed E-state index contributed by atoms with van der Waals surface area (Å²) in [6, 6.07) is 4.25. The average molecular weight is 270 g/mol. The predicted molar refractivity (Wildman–Crippen MR) is 73.9 cm³/mol. The summed E-state index contributed by atoms with van der Waals surface area (Å²) < 4.78 is 10.7. The second-order valence-electron chi connectivity index (χ2n) is 4.61. The minimum atomic E-state index is 0.484. The SMILES string of the molecule is COc1ccc(OC)c(CC2CCCCN2)c1Cl. The molecule has 4 heteroatoms. The van der Waals surface area contributed by atoms with Gasteiger partial charge in [-0.2, -0.15) is 0 Å². The zero-order chi connectivity index (χ0) is 13.0. The van der Waals surface area contributed by atoms with Gasteiger partial charge in [0.15, 0.2) is 0 Å². The van der Waals surface area contributed by atoms with Gasteiger partial charge in [0.2, 0.25) is 0 Å². The molecule has 0 amide bonds. The van der Waals surface area contributed by atoms with Crippen LogP contribution in [0.1, 0.15) is 24.8 Å². The molecule has 2 rings (SSSR count). The molecule has 100 valence electrons. The maximum Gasteiger partial charge on any atom is 0.138 e. The maximum atomic E-state index is 6.38. The molecule has 0 aromatic heterocycles. The third-order valence-corrected chi connectivity index (χ3v) is 3.88. The molecule has 1 N–H and O–H groups in total. The Balaban J connectivity index is 2.23. The van der Waals surface area contributed by atoms with Crippen LogP contribution in [0.2, 0.25) is 5.02 Å². The minimum Gasteiger partial charge on any atom is -0.496 e. The Kier molecular flexibility index (Phi) is 4.72. The summed E-state index contributed by atoms with van der Waals surface area (Å²) in [6.07, 6.45) is 4.62. The van der Waals surface area contributed by atoms with E-state index >= 15 is 0 Å². The van der Waals surface area contributed by atoms with E-state index in [1.807, 2.05) is 12.1 Å². The second kappa shape index (κ2) is 6.30. The monoisotopic (exact) mass is 269 g/mol. The topological polar surface area (TPSA) is 30.5 Å². The van der Waals surface area contributed by atoms with Crippen molar-refractivity contribution in [3.63, 3.8) is 0 Å². The molecule has 1 aliphatic heterocycles. The Morgan fingerprint density at radius 1 is 1.22 bits per heavy atom. The van der Waals surface area contributed by atoms with Crippen molar-refractivity contribution in [3.05, 3.63) is 22.7 Å². The van der Waals surface area contributed by atoms with E-state index in [0.717, 1.165) is 24.3 Å². The van der Waals surface area contributed by atoms with Crippen LogP contribution in [0.15, 0.2) is 12.1 Å². The van der Waals surface area contributed by atoms with E-state index in [1.54, 1.807) is 14.2 Å². The highest BCUT2D eigenvalue weighted by atomic mass is 35.5. The number of methoxy groups -OCH3 is 2. The van der Waals surface area contributed by atoms with Crippen molar-refractivity contribution in [2.24, 2.45) is 0 Å². The molecule has 1 heterocycles. The fourth-order valence-electron chi connectivity index (χ4n) is 2.47. The van der Waals surface area contributed by atoms with Gasteiger partial charge in [-0.05, 0) is 37.9 Å². The van der Waals surface area contributed by atoms with Crippen LogP contribution in [-0.4, -0.2) is 26.8 Å². The number of benzene rings is 1. The predicted octanol–water partition coefficient (Wildman–Crippen LogP) is 3.04. The van der Waals surface area contributed by atoms with Gasteiger partial charge >= 0.3 is 0 Å². The molecule has 18 heavy (non-hydrogen) atoms. The van der Waals surface area contributed by atoms with Gasteiger partial charge in [0.25, 0.3) is 0 Å². The highest BCUT2D eigenvalue weighted by Crippen LogP contribution is 2.36. The fourth-order valence-corrected chi connectivity index (χ4v) is 2.78. The lowest BCUT2D eigenvalue weighted by molar-refractivity contribution is 0.377. The molecule has 1 aromatic rings. The molecule has 1 atom stereocenters. The van der Waals surface area contributed by atoms with Crippen LogP contribution < -0.4 is 14.8 Å². The van der Waals surface area contributed by atoms with Crippen LogP contribution in [0.4, 0.5) is 0 Å². The average Bonchev–Trinajstić information content (AvgIpc) is 2.42. The van der Waals surface area contributed by atoms with Crippen molar-refractivity contribution in [2.75, 3.05) is 20.8 Å². The molecule has 0 radical (unpaired) electrons. The first kappa shape index (κ1) is 13.5. The molecule has 0 bridgehead atoms. The molecule has 3 nitrogen and oxygen atoms in total. The van der Waals surface area contributed by atoms with Crippen molar-refractivity contribution >= 4 is 11.6 Å². The van der Waals surface area contributed by atoms with Gasteiger partial charge < -0.3 is 14.8 Å². The summed E-state index contributed by atoms with van der Waals surface area (Å²) in [5, 5.41) is 4.20. The molecule has 1 aromatic carbocycles. The molecule has 0 spiro atoms. The molecule has 0 saturated carbocycles.